The summed E-state index contributed by atoms with van der Waals surface area (Å²) < 4.78 is 0. The van der Waals surface area contributed by atoms with Crippen molar-refractivity contribution < 1.29 is 0 Å². The highest BCUT2D eigenvalue weighted by molar-refractivity contribution is 5.40. The molecule has 4 nitrogen and oxygen atoms in total. The Morgan fingerprint density at radius 3 is 2.83 bits per heavy atom. The highest BCUT2D eigenvalue weighted by Crippen LogP contribution is 2.21. The third kappa shape index (κ3) is 1.91. The molecule has 1 aromatic carbocycles. The Hall–Kier alpha value is -2.41. The van der Waals surface area contributed by atoms with Crippen molar-refractivity contribution in [3.8, 4) is 6.07 Å². The summed E-state index contributed by atoms with van der Waals surface area (Å²) in [6.07, 6.45) is 2.64. The Bertz CT molecular complexity index is 615. The van der Waals surface area contributed by atoms with Gasteiger partial charge in [0, 0.05) is 19.3 Å². The second kappa shape index (κ2) is 4.46. The maximum atomic E-state index is 8.86. The zero-order chi connectivity index (χ0) is 12.4. The molecule has 0 N–H and O–H groups in total. The van der Waals surface area contributed by atoms with Crippen LogP contribution in [0, 0.1) is 11.3 Å². The molecule has 1 aliphatic heterocycles. The van der Waals surface area contributed by atoms with Gasteiger partial charge in [-0.2, -0.15) is 5.26 Å². The zero-order valence-corrected chi connectivity index (χ0v) is 9.87. The molecule has 3 rings (SSSR count). The SMILES string of the molecule is N#Cc1ccnc(N2CCc3ccccc3C2)n1. The number of hydrogen-bond acceptors (Lipinski definition) is 4. The standard InChI is InChI=1S/C14H12N4/c15-9-13-5-7-16-14(17-13)18-8-6-11-3-1-2-4-12(11)10-18/h1-5,7H,6,8,10H2. The van der Waals surface area contributed by atoms with Crippen LogP contribution in [0.15, 0.2) is 36.5 Å². The fourth-order valence-corrected chi connectivity index (χ4v) is 2.23. The number of nitrogens with zero attached hydrogens (tertiary/aromatic N) is 4. The first kappa shape index (κ1) is 10.7. The summed E-state index contributed by atoms with van der Waals surface area (Å²) in [5.41, 5.74) is 3.12. The zero-order valence-electron chi connectivity index (χ0n) is 9.87. The molecule has 0 spiro atoms. The van der Waals surface area contributed by atoms with Gasteiger partial charge in [0.2, 0.25) is 5.95 Å². The average Bonchev–Trinajstić information content (AvgIpc) is 2.47. The lowest BCUT2D eigenvalue weighted by Gasteiger charge is -2.28. The third-order valence-corrected chi connectivity index (χ3v) is 3.17. The molecule has 0 atom stereocenters. The molecule has 1 aromatic heterocycles. The topological polar surface area (TPSA) is 52.8 Å². The lowest BCUT2D eigenvalue weighted by atomic mass is 10.0. The molecule has 2 heterocycles. The first-order valence-electron chi connectivity index (χ1n) is 5.92. The predicted octanol–water partition coefficient (Wildman–Crippen LogP) is 1.91. The molecule has 2 aromatic rings. The van der Waals surface area contributed by atoms with Gasteiger partial charge in [0.1, 0.15) is 11.8 Å². The van der Waals surface area contributed by atoms with E-state index in [1.54, 1.807) is 12.3 Å². The van der Waals surface area contributed by atoms with Crippen molar-refractivity contribution in [2.45, 2.75) is 13.0 Å². The van der Waals surface area contributed by atoms with Crippen molar-refractivity contribution in [2.24, 2.45) is 0 Å². The van der Waals surface area contributed by atoms with Gasteiger partial charge in [0.05, 0.1) is 0 Å². The van der Waals surface area contributed by atoms with Gasteiger partial charge in [-0.05, 0) is 23.6 Å². The predicted molar refractivity (Wildman–Crippen MR) is 67.9 cm³/mol. The summed E-state index contributed by atoms with van der Waals surface area (Å²) in [6.45, 7) is 1.71. The van der Waals surface area contributed by atoms with E-state index >= 15 is 0 Å². The van der Waals surface area contributed by atoms with Gasteiger partial charge in [0.15, 0.2) is 0 Å². The van der Waals surface area contributed by atoms with Gasteiger partial charge in [-0.3, -0.25) is 0 Å². The summed E-state index contributed by atoms with van der Waals surface area (Å²) in [6, 6.07) is 12.1. The van der Waals surface area contributed by atoms with E-state index in [1.807, 2.05) is 6.07 Å². The number of fused-ring (bicyclic) bond motifs is 1. The Kier molecular flexibility index (Phi) is 2.66. The first-order chi connectivity index (χ1) is 8.86. The Morgan fingerprint density at radius 2 is 2.00 bits per heavy atom. The van der Waals surface area contributed by atoms with Crippen molar-refractivity contribution in [1.29, 1.82) is 5.26 Å². The number of rotatable bonds is 1. The van der Waals surface area contributed by atoms with Crippen molar-refractivity contribution in [3.05, 3.63) is 53.3 Å². The van der Waals surface area contributed by atoms with E-state index in [2.05, 4.69) is 39.1 Å². The number of hydrogen-bond donors (Lipinski definition) is 0. The minimum absolute atomic E-state index is 0.416. The first-order valence-corrected chi connectivity index (χ1v) is 5.92. The van der Waals surface area contributed by atoms with E-state index in [-0.39, 0.29) is 0 Å². The number of benzene rings is 1. The molecule has 0 radical (unpaired) electrons. The van der Waals surface area contributed by atoms with Crippen LogP contribution in [0.1, 0.15) is 16.8 Å². The molecule has 0 unspecified atom stereocenters. The van der Waals surface area contributed by atoms with E-state index in [0.29, 0.717) is 11.6 Å². The van der Waals surface area contributed by atoms with Crippen LogP contribution < -0.4 is 4.90 Å². The van der Waals surface area contributed by atoms with E-state index in [1.165, 1.54) is 11.1 Å². The third-order valence-electron chi connectivity index (χ3n) is 3.17. The summed E-state index contributed by atoms with van der Waals surface area (Å²) >= 11 is 0. The lowest BCUT2D eigenvalue weighted by Crippen LogP contribution is -2.31. The van der Waals surface area contributed by atoms with Crippen molar-refractivity contribution >= 4 is 5.95 Å². The minimum atomic E-state index is 0.416. The highest BCUT2D eigenvalue weighted by Gasteiger charge is 2.17. The van der Waals surface area contributed by atoms with Crippen LogP contribution in [-0.2, 0) is 13.0 Å². The molecule has 4 heteroatoms. The Balaban J connectivity index is 1.90. The Morgan fingerprint density at radius 1 is 1.17 bits per heavy atom. The number of aromatic nitrogens is 2. The normalized spacial score (nSPS) is 13.8. The molecule has 0 fully saturated rings. The van der Waals surface area contributed by atoms with Crippen LogP contribution in [-0.4, -0.2) is 16.5 Å². The van der Waals surface area contributed by atoms with Gasteiger partial charge in [-0.25, -0.2) is 9.97 Å². The summed E-state index contributed by atoms with van der Waals surface area (Å²) in [7, 11) is 0. The van der Waals surface area contributed by atoms with Crippen molar-refractivity contribution in [3.63, 3.8) is 0 Å². The van der Waals surface area contributed by atoms with Crippen LogP contribution in [0.2, 0.25) is 0 Å². The average molecular weight is 236 g/mol. The summed E-state index contributed by atoms with van der Waals surface area (Å²) in [5, 5.41) is 8.86. The molecule has 0 aliphatic carbocycles. The second-order valence-electron chi connectivity index (χ2n) is 4.29. The molecule has 18 heavy (non-hydrogen) atoms. The molecule has 1 aliphatic rings. The minimum Gasteiger partial charge on any atom is -0.336 e. The Labute approximate surface area is 106 Å². The fraction of sp³-hybridized carbons (Fsp3) is 0.214. The van der Waals surface area contributed by atoms with Crippen LogP contribution in [0.5, 0.6) is 0 Å². The number of anilines is 1. The van der Waals surface area contributed by atoms with E-state index < -0.39 is 0 Å². The smallest absolute Gasteiger partial charge is 0.226 e. The second-order valence-corrected chi connectivity index (χ2v) is 4.29. The molecular weight excluding hydrogens is 224 g/mol. The maximum Gasteiger partial charge on any atom is 0.226 e. The fourth-order valence-electron chi connectivity index (χ4n) is 2.23. The number of nitriles is 1. The highest BCUT2D eigenvalue weighted by atomic mass is 15.2. The summed E-state index contributed by atoms with van der Waals surface area (Å²) in [4.78, 5) is 10.6. The van der Waals surface area contributed by atoms with Gasteiger partial charge in [-0.15, -0.1) is 0 Å². The maximum absolute atomic E-state index is 8.86. The van der Waals surface area contributed by atoms with Crippen molar-refractivity contribution in [1.82, 2.24) is 9.97 Å². The molecular formula is C14H12N4. The molecule has 88 valence electrons. The monoisotopic (exact) mass is 236 g/mol. The van der Waals surface area contributed by atoms with Crippen molar-refractivity contribution in [2.75, 3.05) is 11.4 Å². The largest absolute Gasteiger partial charge is 0.336 e. The molecule has 0 saturated heterocycles. The lowest BCUT2D eigenvalue weighted by molar-refractivity contribution is 0.707. The molecule has 0 saturated carbocycles. The van der Waals surface area contributed by atoms with Gasteiger partial charge < -0.3 is 4.90 Å². The molecule has 0 bridgehead atoms. The van der Waals surface area contributed by atoms with Crippen LogP contribution in [0.4, 0.5) is 5.95 Å². The van der Waals surface area contributed by atoms with Gasteiger partial charge in [-0.1, -0.05) is 24.3 Å². The van der Waals surface area contributed by atoms with E-state index in [4.69, 9.17) is 5.26 Å². The van der Waals surface area contributed by atoms with Gasteiger partial charge in [0.25, 0.3) is 0 Å². The molecule has 0 amide bonds. The van der Waals surface area contributed by atoms with Crippen LogP contribution in [0.3, 0.4) is 0 Å². The van der Waals surface area contributed by atoms with Gasteiger partial charge >= 0.3 is 0 Å². The quantitative estimate of drug-likeness (QED) is 0.759. The van der Waals surface area contributed by atoms with Crippen LogP contribution >= 0.6 is 0 Å². The van der Waals surface area contributed by atoms with Crippen LogP contribution in [0.25, 0.3) is 0 Å². The van der Waals surface area contributed by atoms with E-state index in [9.17, 15) is 0 Å². The summed E-state index contributed by atoms with van der Waals surface area (Å²) in [5.74, 6) is 0.642. The van der Waals surface area contributed by atoms with E-state index in [0.717, 1.165) is 19.5 Å².